The first-order valence-electron chi connectivity index (χ1n) is 4.75. The monoisotopic (exact) mass is 247 g/mol. The molecule has 0 radical (unpaired) electrons. The second-order valence-electron chi connectivity index (χ2n) is 3.50. The smallest absolute Gasteiger partial charge is 0.399 e. The number of rotatable bonds is 2. The van der Waals surface area contributed by atoms with Gasteiger partial charge in [0.15, 0.2) is 0 Å². The molecule has 4 N–H and O–H groups in total. The lowest BCUT2D eigenvalue weighted by atomic mass is 10.2. The van der Waals surface area contributed by atoms with Gasteiger partial charge in [-0.05, 0) is 30.7 Å². The fourth-order valence-electron chi connectivity index (χ4n) is 1.17. The zero-order chi connectivity index (χ0) is 13.1. The number of hydrogen-bond donors (Lipinski definition) is 3. The SMILES string of the molecule is Cc1cc(N)ccc1NC(=O)NCC(F)(F)F. The number of hydrogen-bond acceptors (Lipinski definition) is 2. The minimum Gasteiger partial charge on any atom is -0.399 e. The van der Waals surface area contributed by atoms with Crippen LogP contribution in [0.15, 0.2) is 18.2 Å². The number of nitrogen functional groups attached to an aromatic ring is 1. The molecule has 1 rings (SSSR count). The Morgan fingerprint density at radius 3 is 2.59 bits per heavy atom. The molecule has 1 aromatic rings. The van der Waals surface area contributed by atoms with Gasteiger partial charge in [0.2, 0.25) is 0 Å². The van der Waals surface area contributed by atoms with Crippen LogP contribution in [0.3, 0.4) is 0 Å². The van der Waals surface area contributed by atoms with Gasteiger partial charge in [-0.25, -0.2) is 4.79 Å². The molecule has 0 heterocycles. The summed E-state index contributed by atoms with van der Waals surface area (Å²) in [5, 5.41) is 4.01. The van der Waals surface area contributed by atoms with Gasteiger partial charge >= 0.3 is 12.2 Å². The topological polar surface area (TPSA) is 67.1 Å². The zero-order valence-corrected chi connectivity index (χ0v) is 9.06. The van der Waals surface area contributed by atoms with Crippen molar-refractivity contribution in [2.75, 3.05) is 17.6 Å². The number of aryl methyl sites for hydroxylation is 1. The van der Waals surface area contributed by atoms with Crippen molar-refractivity contribution in [3.63, 3.8) is 0 Å². The number of benzene rings is 1. The number of carbonyl (C=O) groups is 1. The first kappa shape index (κ1) is 13.1. The molecule has 0 aliphatic carbocycles. The lowest BCUT2D eigenvalue weighted by Crippen LogP contribution is -2.36. The van der Waals surface area contributed by atoms with Crippen LogP contribution in [-0.4, -0.2) is 18.8 Å². The first-order valence-corrected chi connectivity index (χ1v) is 4.75. The maximum absolute atomic E-state index is 11.8. The molecule has 0 unspecified atom stereocenters. The average molecular weight is 247 g/mol. The van der Waals surface area contributed by atoms with Gasteiger partial charge in [-0.3, -0.25) is 0 Å². The van der Waals surface area contributed by atoms with E-state index >= 15 is 0 Å². The Labute approximate surface area is 96.0 Å². The fourth-order valence-corrected chi connectivity index (χ4v) is 1.17. The van der Waals surface area contributed by atoms with Crippen LogP contribution in [0.25, 0.3) is 0 Å². The normalized spacial score (nSPS) is 11.1. The van der Waals surface area contributed by atoms with Crippen LogP contribution in [0.1, 0.15) is 5.56 Å². The predicted molar refractivity (Wildman–Crippen MR) is 58.7 cm³/mol. The number of nitrogens with one attached hydrogen (secondary N) is 2. The standard InChI is InChI=1S/C10H12F3N3O/c1-6-4-7(14)2-3-8(6)16-9(17)15-5-10(11,12)13/h2-4H,5,14H2,1H3,(H2,15,16,17). The maximum atomic E-state index is 11.8. The summed E-state index contributed by atoms with van der Waals surface area (Å²) in [4.78, 5) is 11.1. The van der Waals surface area contributed by atoms with Gasteiger partial charge in [0.1, 0.15) is 6.54 Å². The maximum Gasteiger partial charge on any atom is 0.405 e. The van der Waals surface area contributed by atoms with Gasteiger partial charge in [-0.15, -0.1) is 0 Å². The van der Waals surface area contributed by atoms with E-state index in [1.807, 2.05) is 0 Å². The molecule has 0 aromatic heterocycles. The number of urea groups is 1. The Hall–Kier alpha value is -1.92. The van der Waals surface area contributed by atoms with E-state index in [2.05, 4.69) is 5.32 Å². The number of halogens is 3. The van der Waals surface area contributed by atoms with Crippen molar-refractivity contribution in [2.45, 2.75) is 13.1 Å². The molecule has 7 heteroatoms. The summed E-state index contributed by atoms with van der Waals surface area (Å²) in [6.45, 7) is 0.322. The van der Waals surface area contributed by atoms with Crippen molar-refractivity contribution < 1.29 is 18.0 Å². The van der Waals surface area contributed by atoms with Crippen LogP contribution in [0.4, 0.5) is 29.3 Å². The molecule has 94 valence electrons. The molecule has 0 aliphatic heterocycles. The molecule has 0 spiro atoms. The van der Waals surface area contributed by atoms with Gasteiger partial charge < -0.3 is 16.4 Å². The summed E-state index contributed by atoms with van der Waals surface area (Å²) in [6.07, 6.45) is -4.42. The highest BCUT2D eigenvalue weighted by atomic mass is 19.4. The second kappa shape index (κ2) is 4.94. The van der Waals surface area contributed by atoms with Crippen LogP contribution in [0.5, 0.6) is 0 Å². The highest BCUT2D eigenvalue weighted by molar-refractivity contribution is 5.90. The molecule has 0 saturated heterocycles. The summed E-state index contributed by atoms with van der Waals surface area (Å²) < 4.78 is 35.5. The Kier molecular flexibility index (Phi) is 3.82. The van der Waals surface area contributed by atoms with Gasteiger partial charge in [0.25, 0.3) is 0 Å². The number of anilines is 2. The summed E-state index contributed by atoms with van der Waals surface area (Å²) in [5.41, 5.74) is 7.10. The van der Waals surface area contributed by atoms with Gasteiger partial charge in [-0.1, -0.05) is 0 Å². The number of carbonyl (C=O) groups excluding carboxylic acids is 1. The van der Waals surface area contributed by atoms with Crippen molar-refractivity contribution >= 4 is 17.4 Å². The lowest BCUT2D eigenvalue weighted by molar-refractivity contribution is -0.122. The minimum atomic E-state index is -4.42. The summed E-state index contributed by atoms with van der Waals surface area (Å²) in [7, 11) is 0. The molecule has 0 fully saturated rings. The van der Waals surface area contributed by atoms with E-state index in [0.29, 0.717) is 16.9 Å². The Balaban J connectivity index is 2.57. The van der Waals surface area contributed by atoms with Crippen LogP contribution < -0.4 is 16.4 Å². The van der Waals surface area contributed by atoms with E-state index in [4.69, 9.17) is 5.73 Å². The van der Waals surface area contributed by atoms with Crippen LogP contribution >= 0.6 is 0 Å². The van der Waals surface area contributed by atoms with E-state index in [0.717, 1.165) is 0 Å². The molecule has 0 bridgehead atoms. The van der Waals surface area contributed by atoms with Gasteiger partial charge in [0, 0.05) is 11.4 Å². The highest BCUT2D eigenvalue weighted by Gasteiger charge is 2.27. The second-order valence-corrected chi connectivity index (χ2v) is 3.50. The molecule has 0 saturated carbocycles. The van der Waals surface area contributed by atoms with Gasteiger partial charge in [0.05, 0.1) is 0 Å². The quantitative estimate of drug-likeness (QED) is 0.702. The molecular weight excluding hydrogens is 235 g/mol. The Morgan fingerprint density at radius 2 is 2.06 bits per heavy atom. The number of nitrogens with two attached hydrogens (primary N) is 1. The fraction of sp³-hybridized carbons (Fsp3) is 0.300. The third-order valence-corrected chi connectivity index (χ3v) is 1.95. The molecule has 1 aromatic carbocycles. The van der Waals surface area contributed by atoms with E-state index in [1.165, 1.54) is 6.07 Å². The van der Waals surface area contributed by atoms with Crippen molar-refractivity contribution in [3.8, 4) is 0 Å². The Morgan fingerprint density at radius 1 is 1.41 bits per heavy atom. The third-order valence-electron chi connectivity index (χ3n) is 1.95. The predicted octanol–water partition coefficient (Wildman–Crippen LogP) is 2.26. The van der Waals surface area contributed by atoms with Crippen LogP contribution in [0, 0.1) is 6.92 Å². The molecule has 4 nitrogen and oxygen atoms in total. The van der Waals surface area contributed by atoms with E-state index in [-0.39, 0.29) is 0 Å². The molecule has 0 atom stereocenters. The van der Waals surface area contributed by atoms with E-state index in [9.17, 15) is 18.0 Å². The third kappa shape index (κ3) is 4.62. The van der Waals surface area contributed by atoms with Crippen molar-refractivity contribution in [1.82, 2.24) is 5.32 Å². The Bertz CT molecular complexity index is 418. The average Bonchev–Trinajstić information content (AvgIpc) is 2.18. The summed E-state index contributed by atoms with van der Waals surface area (Å²) in [6, 6.07) is 3.78. The minimum absolute atomic E-state index is 0.416. The van der Waals surface area contributed by atoms with Crippen LogP contribution in [-0.2, 0) is 0 Å². The van der Waals surface area contributed by atoms with Crippen molar-refractivity contribution in [1.29, 1.82) is 0 Å². The van der Waals surface area contributed by atoms with Crippen molar-refractivity contribution in [3.05, 3.63) is 23.8 Å². The summed E-state index contributed by atoms with van der Waals surface area (Å²) in [5.74, 6) is 0. The number of alkyl halides is 3. The molecule has 0 aliphatic rings. The van der Waals surface area contributed by atoms with E-state index < -0.39 is 18.8 Å². The summed E-state index contributed by atoms with van der Waals surface area (Å²) >= 11 is 0. The van der Waals surface area contributed by atoms with E-state index in [1.54, 1.807) is 24.4 Å². The van der Waals surface area contributed by atoms with Gasteiger partial charge in [-0.2, -0.15) is 13.2 Å². The molecule has 17 heavy (non-hydrogen) atoms. The van der Waals surface area contributed by atoms with Crippen molar-refractivity contribution in [2.24, 2.45) is 0 Å². The zero-order valence-electron chi connectivity index (χ0n) is 9.06. The molecular formula is C10H12F3N3O. The lowest BCUT2D eigenvalue weighted by Gasteiger charge is -2.11. The first-order chi connectivity index (χ1) is 7.78. The van der Waals surface area contributed by atoms with Crippen LogP contribution in [0.2, 0.25) is 0 Å². The largest absolute Gasteiger partial charge is 0.405 e. The number of amides is 2. The molecule has 2 amide bonds. The highest BCUT2D eigenvalue weighted by Crippen LogP contribution is 2.17.